The van der Waals surface area contributed by atoms with Crippen molar-refractivity contribution in [1.29, 1.82) is 0 Å². The molecule has 0 radical (unpaired) electrons. The molecule has 0 amide bonds. The van der Waals surface area contributed by atoms with Gasteiger partial charge in [-0.05, 0) is 72.1 Å². The van der Waals surface area contributed by atoms with Gasteiger partial charge in [0.1, 0.15) is 11.6 Å². The molecule has 4 heteroatoms. The third-order valence-corrected chi connectivity index (χ3v) is 5.66. The quantitative estimate of drug-likeness (QED) is 0.354. The van der Waals surface area contributed by atoms with Crippen molar-refractivity contribution in [2.75, 3.05) is 0 Å². The lowest BCUT2D eigenvalue weighted by Gasteiger charge is -2.04. The van der Waals surface area contributed by atoms with Crippen LogP contribution in [0.5, 0.6) is 0 Å². The predicted molar refractivity (Wildman–Crippen MR) is 124 cm³/mol. The second kappa shape index (κ2) is 6.29. The minimum Gasteiger partial charge on any atom is -0.338 e. The lowest BCUT2D eigenvalue weighted by Crippen LogP contribution is -1.84. The van der Waals surface area contributed by atoms with E-state index < -0.39 is 0 Å². The monoisotopic (exact) mass is 388 g/mol. The summed E-state index contributed by atoms with van der Waals surface area (Å²) in [6, 6.07) is 25.5. The summed E-state index contributed by atoms with van der Waals surface area (Å²) in [4.78, 5) is 16.4. The summed E-state index contributed by atoms with van der Waals surface area (Å²) in [6.07, 6.45) is 0. The third kappa shape index (κ3) is 2.77. The molecule has 0 aliphatic carbocycles. The first-order valence-electron chi connectivity index (χ1n) is 10.1. The van der Waals surface area contributed by atoms with Crippen molar-refractivity contribution in [3.63, 3.8) is 0 Å². The van der Waals surface area contributed by atoms with Crippen LogP contribution in [0.4, 0.5) is 0 Å². The average molecular weight is 388 g/mol. The molecule has 0 aliphatic heterocycles. The number of aromatic nitrogens is 4. The van der Waals surface area contributed by atoms with E-state index in [-0.39, 0.29) is 0 Å². The molecule has 0 saturated carbocycles. The first kappa shape index (κ1) is 17.0. The molecular formula is C26H20N4. The number of aromatic amines is 2. The molecule has 2 N–H and O–H groups in total. The number of fused-ring (bicyclic) bond motifs is 3. The highest BCUT2D eigenvalue weighted by atomic mass is 14.9. The number of rotatable bonds is 2. The predicted octanol–water partition coefficient (Wildman–Crippen LogP) is 6.54. The van der Waals surface area contributed by atoms with Crippen LogP contribution in [0, 0.1) is 13.8 Å². The number of nitrogens with zero attached hydrogens (tertiary/aromatic N) is 2. The summed E-state index contributed by atoms with van der Waals surface area (Å²) < 4.78 is 0. The molecule has 6 aromatic rings. The van der Waals surface area contributed by atoms with Gasteiger partial charge in [-0.1, -0.05) is 36.4 Å². The minimum atomic E-state index is 0.897. The molecule has 6 rings (SSSR count). The molecule has 0 bridgehead atoms. The number of H-pyrrole nitrogens is 2. The zero-order chi connectivity index (χ0) is 20.2. The second-order valence-electron chi connectivity index (χ2n) is 7.99. The summed E-state index contributed by atoms with van der Waals surface area (Å²) in [5, 5.41) is 2.36. The number of hydrogen-bond donors (Lipinski definition) is 2. The second-order valence-corrected chi connectivity index (χ2v) is 7.99. The molecule has 144 valence electrons. The zero-order valence-electron chi connectivity index (χ0n) is 16.8. The Morgan fingerprint density at radius 1 is 0.533 bits per heavy atom. The highest BCUT2D eigenvalue weighted by molar-refractivity contribution is 5.91. The van der Waals surface area contributed by atoms with Crippen LogP contribution in [0.25, 0.3) is 55.6 Å². The molecule has 4 nitrogen and oxygen atoms in total. The van der Waals surface area contributed by atoms with Gasteiger partial charge in [0.15, 0.2) is 0 Å². The van der Waals surface area contributed by atoms with Gasteiger partial charge in [-0.25, -0.2) is 9.97 Å². The number of aryl methyl sites for hydroxylation is 2. The molecule has 0 saturated heterocycles. The van der Waals surface area contributed by atoms with E-state index in [4.69, 9.17) is 9.97 Å². The normalized spacial score (nSPS) is 11.7. The SMILES string of the molecule is Cc1ccc2nc(-c3ccc4cc(-c5nc6ccc(C)cc6[nH]5)ccc4c3)[nH]c2c1. The third-order valence-electron chi connectivity index (χ3n) is 5.66. The van der Waals surface area contributed by atoms with Gasteiger partial charge in [-0.2, -0.15) is 0 Å². The van der Waals surface area contributed by atoms with Crippen LogP contribution in [0.3, 0.4) is 0 Å². The van der Waals surface area contributed by atoms with Crippen LogP contribution in [0.15, 0.2) is 72.8 Å². The van der Waals surface area contributed by atoms with Crippen molar-refractivity contribution in [2.24, 2.45) is 0 Å². The van der Waals surface area contributed by atoms with Crippen molar-refractivity contribution in [3.8, 4) is 22.8 Å². The lowest BCUT2D eigenvalue weighted by molar-refractivity contribution is 1.33. The summed E-state index contributed by atoms with van der Waals surface area (Å²) >= 11 is 0. The summed E-state index contributed by atoms with van der Waals surface area (Å²) in [6.45, 7) is 4.19. The Labute approximate surface area is 173 Å². The summed E-state index contributed by atoms with van der Waals surface area (Å²) in [7, 11) is 0. The lowest BCUT2D eigenvalue weighted by atomic mass is 10.0. The standard InChI is InChI=1S/C26H20N4/c1-15-3-9-21-23(11-15)29-25(27-21)19-7-5-18-14-20(8-6-17(18)13-19)26-28-22-10-4-16(2)12-24(22)30-26/h3-14H,1-2H3,(H,27,29)(H,28,30). The van der Waals surface area contributed by atoms with Crippen molar-refractivity contribution in [2.45, 2.75) is 13.8 Å². The summed E-state index contributed by atoms with van der Waals surface area (Å²) in [5.41, 5.74) is 8.75. The van der Waals surface area contributed by atoms with E-state index >= 15 is 0 Å². The molecular weight excluding hydrogens is 368 g/mol. The molecule has 4 aromatic carbocycles. The van der Waals surface area contributed by atoms with Crippen LogP contribution >= 0.6 is 0 Å². The van der Waals surface area contributed by atoms with Gasteiger partial charge < -0.3 is 9.97 Å². The van der Waals surface area contributed by atoms with Crippen molar-refractivity contribution in [1.82, 2.24) is 19.9 Å². The highest BCUT2D eigenvalue weighted by Crippen LogP contribution is 2.29. The molecule has 0 fully saturated rings. The zero-order valence-corrected chi connectivity index (χ0v) is 16.8. The highest BCUT2D eigenvalue weighted by Gasteiger charge is 2.09. The largest absolute Gasteiger partial charge is 0.338 e. The van der Waals surface area contributed by atoms with Gasteiger partial charge in [0.2, 0.25) is 0 Å². The Bertz CT molecular complexity index is 1450. The van der Waals surface area contributed by atoms with Crippen LogP contribution in [0.2, 0.25) is 0 Å². The van der Waals surface area contributed by atoms with E-state index in [1.54, 1.807) is 0 Å². The van der Waals surface area contributed by atoms with Crippen LogP contribution in [-0.4, -0.2) is 19.9 Å². The van der Waals surface area contributed by atoms with E-state index in [9.17, 15) is 0 Å². The summed E-state index contributed by atoms with van der Waals surface area (Å²) in [5.74, 6) is 1.79. The van der Waals surface area contributed by atoms with Crippen molar-refractivity contribution in [3.05, 3.63) is 83.9 Å². The van der Waals surface area contributed by atoms with Gasteiger partial charge in [-0.15, -0.1) is 0 Å². The van der Waals surface area contributed by atoms with Gasteiger partial charge in [0.05, 0.1) is 22.1 Å². The fourth-order valence-corrected chi connectivity index (χ4v) is 4.06. The maximum Gasteiger partial charge on any atom is 0.138 e. The Kier molecular flexibility index (Phi) is 3.56. The minimum absolute atomic E-state index is 0.897. The maximum absolute atomic E-state index is 4.76. The fourth-order valence-electron chi connectivity index (χ4n) is 4.06. The number of imidazole rings is 2. The maximum atomic E-state index is 4.76. The fraction of sp³-hybridized carbons (Fsp3) is 0.0769. The molecule has 30 heavy (non-hydrogen) atoms. The van der Waals surface area contributed by atoms with E-state index in [0.717, 1.165) is 44.8 Å². The number of benzene rings is 4. The van der Waals surface area contributed by atoms with Crippen LogP contribution in [0.1, 0.15) is 11.1 Å². The molecule has 0 atom stereocenters. The Morgan fingerprint density at radius 2 is 1.00 bits per heavy atom. The molecule has 0 aliphatic rings. The Hall–Kier alpha value is -3.92. The molecule has 2 aromatic heterocycles. The van der Waals surface area contributed by atoms with Gasteiger partial charge in [-0.3, -0.25) is 0 Å². The number of nitrogens with one attached hydrogen (secondary N) is 2. The molecule has 0 spiro atoms. The average Bonchev–Trinajstić information content (AvgIpc) is 3.36. The van der Waals surface area contributed by atoms with Gasteiger partial charge in [0.25, 0.3) is 0 Å². The van der Waals surface area contributed by atoms with E-state index in [1.165, 1.54) is 21.9 Å². The first-order valence-corrected chi connectivity index (χ1v) is 10.1. The van der Waals surface area contributed by atoms with E-state index in [1.807, 2.05) is 0 Å². The van der Waals surface area contributed by atoms with Crippen LogP contribution < -0.4 is 0 Å². The molecule has 2 heterocycles. The van der Waals surface area contributed by atoms with E-state index in [2.05, 4.69) is 96.6 Å². The van der Waals surface area contributed by atoms with E-state index in [0.29, 0.717) is 0 Å². The topological polar surface area (TPSA) is 57.4 Å². The first-order chi connectivity index (χ1) is 14.6. The van der Waals surface area contributed by atoms with Crippen molar-refractivity contribution < 1.29 is 0 Å². The van der Waals surface area contributed by atoms with Gasteiger partial charge in [0, 0.05) is 11.1 Å². The Balaban J connectivity index is 1.41. The van der Waals surface area contributed by atoms with Crippen LogP contribution in [-0.2, 0) is 0 Å². The Morgan fingerprint density at radius 3 is 1.47 bits per heavy atom. The van der Waals surface area contributed by atoms with Gasteiger partial charge >= 0.3 is 0 Å². The molecule has 0 unspecified atom stereocenters. The smallest absolute Gasteiger partial charge is 0.138 e. The number of hydrogen-bond acceptors (Lipinski definition) is 2. The van der Waals surface area contributed by atoms with Crippen molar-refractivity contribution >= 4 is 32.8 Å².